The van der Waals surface area contributed by atoms with Crippen LogP contribution < -0.4 is 5.32 Å². The summed E-state index contributed by atoms with van der Waals surface area (Å²) in [6, 6.07) is 15.1. The number of halogens is 2. The van der Waals surface area contributed by atoms with Crippen LogP contribution in [0.3, 0.4) is 0 Å². The molecule has 0 spiro atoms. The summed E-state index contributed by atoms with van der Waals surface area (Å²) in [5.74, 6) is 1.52. The Morgan fingerprint density at radius 2 is 1.93 bits per heavy atom. The van der Waals surface area contributed by atoms with E-state index in [1.807, 2.05) is 36.4 Å². The monoisotopic (exact) mass is 479 g/mol. The molecule has 0 fully saturated rings. The molecule has 0 radical (unpaired) electrons. The Kier molecular flexibility index (Phi) is 5.72. The lowest BCUT2D eigenvalue weighted by Gasteiger charge is -2.01. The summed E-state index contributed by atoms with van der Waals surface area (Å²) >= 11 is 12.3. The first-order valence-electron chi connectivity index (χ1n) is 7.73. The molecule has 0 amide bonds. The van der Waals surface area contributed by atoms with Gasteiger partial charge in [0.2, 0.25) is 16.9 Å². The summed E-state index contributed by atoms with van der Waals surface area (Å²) in [7, 11) is 0. The number of benzene rings is 2. The molecule has 0 aliphatic heterocycles. The fourth-order valence-corrected chi connectivity index (χ4v) is 4.29. The molecule has 2 aromatic carbocycles. The predicted octanol–water partition coefficient (Wildman–Crippen LogP) is 6.04. The number of rotatable bonds is 6. The lowest BCUT2D eigenvalue weighted by molar-refractivity contribution is 0.528. The molecule has 2 aromatic heterocycles. The van der Waals surface area contributed by atoms with Gasteiger partial charge in [0.05, 0.1) is 5.75 Å². The number of nitrogens with zero attached hydrogens (tertiary/aromatic N) is 4. The zero-order chi connectivity index (χ0) is 18.6. The van der Waals surface area contributed by atoms with Gasteiger partial charge in [-0.1, -0.05) is 56.7 Å². The van der Waals surface area contributed by atoms with Crippen LogP contribution in [0, 0.1) is 0 Å². The molecule has 2 heterocycles. The van der Waals surface area contributed by atoms with Gasteiger partial charge in [-0.05, 0) is 42.5 Å². The molecule has 27 heavy (non-hydrogen) atoms. The van der Waals surface area contributed by atoms with Gasteiger partial charge in [0.25, 0.3) is 0 Å². The minimum atomic E-state index is 0.469. The highest BCUT2D eigenvalue weighted by Crippen LogP contribution is 2.31. The van der Waals surface area contributed by atoms with Gasteiger partial charge in [-0.25, -0.2) is 0 Å². The largest absolute Gasteiger partial charge is 0.420 e. The molecule has 4 aromatic rings. The van der Waals surface area contributed by atoms with E-state index in [0.29, 0.717) is 22.6 Å². The third-order valence-electron chi connectivity index (χ3n) is 3.36. The summed E-state index contributed by atoms with van der Waals surface area (Å²) in [5.41, 5.74) is 1.78. The zero-order valence-corrected chi connectivity index (χ0v) is 17.6. The molecule has 0 aliphatic carbocycles. The van der Waals surface area contributed by atoms with Crippen molar-refractivity contribution in [1.29, 1.82) is 0 Å². The maximum atomic E-state index is 5.89. The average Bonchev–Trinajstić information content (AvgIpc) is 3.30. The predicted molar refractivity (Wildman–Crippen MR) is 112 cm³/mol. The molecule has 0 saturated carbocycles. The Hall–Kier alpha value is -1.94. The molecule has 4 rings (SSSR count). The maximum absolute atomic E-state index is 5.89. The van der Waals surface area contributed by atoms with E-state index in [1.165, 1.54) is 23.1 Å². The van der Waals surface area contributed by atoms with Crippen molar-refractivity contribution in [3.8, 4) is 11.5 Å². The molecule has 6 nitrogen and oxygen atoms in total. The first-order chi connectivity index (χ1) is 13.2. The second-order valence-electron chi connectivity index (χ2n) is 5.30. The van der Waals surface area contributed by atoms with Crippen LogP contribution in [0.15, 0.2) is 61.8 Å². The lowest BCUT2D eigenvalue weighted by atomic mass is 10.2. The van der Waals surface area contributed by atoms with Crippen molar-refractivity contribution in [2.24, 2.45) is 0 Å². The van der Waals surface area contributed by atoms with Gasteiger partial charge in [-0.15, -0.1) is 20.4 Å². The van der Waals surface area contributed by atoms with Gasteiger partial charge in [-0.2, -0.15) is 0 Å². The molecule has 1 N–H and O–H groups in total. The minimum Gasteiger partial charge on any atom is -0.420 e. The Labute approximate surface area is 176 Å². The fraction of sp³-hybridized carbons (Fsp3) is 0.0588. The average molecular weight is 481 g/mol. The van der Waals surface area contributed by atoms with Crippen LogP contribution in [0.5, 0.6) is 0 Å². The molecule has 10 heteroatoms. The van der Waals surface area contributed by atoms with Crippen LogP contribution in [0.25, 0.3) is 11.5 Å². The quantitative estimate of drug-likeness (QED) is 0.337. The van der Waals surface area contributed by atoms with Gasteiger partial charge in [-0.3, -0.25) is 0 Å². The van der Waals surface area contributed by atoms with Crippen molar-refractivity contribution < 1.29 is 4.42 Å². The SMILES string of the molecule is Clc1ccc(-c2nnc(CSc3nnc(Nc4cccc(Br)c4)s3)o2)cc1. The number of thioether (sulfide) groups is 1. The highest BCUT2D eigenvalue weighted by molar-refractivity contribution is 9.10. The van der Waals surface area contributed by atoms with Crippen LogP contribution in [0.2, 0.25) is 5.02 Å². The second kappa shape index (κ2) is 8.39. The van der Waals surface area contributed by atoms with E-state index in [2.05, 4.69) is 41.6 Å². The van der Waals surface area contributed by atoms with E-state index in [-0.39, 0.29) is 0 Å². The summed E-state index contributed by atoms with van der Waals surface area (Å²) in [6.07, 6.45) is 0. The van der Waals surface area contributed by atoms with Crippen molar-refractivity contribution in [1.82, 2.24) is 20.4 Å². The van der Waals surface area contributed by atoms with Gasteiger partial charge in [0.1, 0.15) is 0 Å². The molecule has 0 bridgehead atoms. The second-order valence-corrected chi connectivity index (χ2v) is 8.86. The van der Waals surface area contributed by atoms with Crippen LogP contribution in [-0.2, 0) is 5.75 Å². The number of anilines is 2. The Bertz CT molecular complexity index is 1050. The third kappa shape index (κ3) is 4.86. The van der Waals surface area contributed by atoms with E-state index in [0.717, 1.165) is 25.2 Å². The molecule has 136 valence electrons. The van der Waals surface area contributed by atoms with Crippen LogP contribution in [0.4, 0.5) is 10.8 Å². The summed E-state index contributed by atoms with van der Waals surface area (Å²) in [6.45, 7) is 0. The Balaban J connectivity index is 1.37. The summed E-state index contributed by atoms with van der Waals surface area (Å²) < 4.78 is 7.51. The van der Waals surface area contributed by atoms with Gasteiger partial charge in [0.15, 0.2) is 4.34 Å². The number of aromatic nitrogens is 4. The summed E-state index contributed by atoms with van der Waals surface area (Å²) in [5, 5.41) is 21.1. The van der Waals surface area contributed by atoms with E-state index < -0.39 is 0 Å². The molecule has 0 atom stereocenters. The first kappa shape index (κ1) is 18.4. The Morgan fingerprint density at radius 3 is 2.74 bits per heavy atom. The van der Waals surface area contributed by atoms with Gasteiger partial charge >= 0.3 is 0 Å². The normalized spacial score (nSPS) is 10.9. The highest BCUT2D eigenvalue weighted by atomic mass is 79.9. The third-order valence-corrected chi connectivity index (χ3v) is 6.06. The van der Waals surface area contributed by atoms with Crippen molar-refractivity contribution >= 4 is 61.4 Å². The van der Waals surface area contributed by atoms with Crippen molar-refractivity contribution in [2.45, 2.75) is 10.1 Å². The van der Waals surface area contributed by atoms with Crippen molar-refractivity contribution in [2.75, 3.05) is 5.32 Å². The molecule has 0 unspecified atom stereocenters. The molecule has 0 saturated heterocycles. The lowest BCUT2D eigenvalue weighted by Crippen LogP contribution is -1.88. The van der Waals surface area contributed by atoms with Gasteiger partial charge in [0, 0.05) is 20.7 Å². The summed E-state index contributed by atoms with van der Waals surface area (Å²) in [4.78, 5) is 0. The number of nitrogens with one attached hydrogen (secondary N) is 1. The standard InChI is InChI=1S/C17H11BrClN5OS2/c18-11-2-1-3-13(8-11)20-16-23-24-17(27-16)26-9-14-21-22-15(25-14)10-4-6-12(19)7-5-10/h1-8H,9H2,(H,20,23). The van der Waals surface area contributed by atoms with Crippen LogP contribution in [-0.4, -0.2) is 20.4 Å². The molecular formula is C17H11BrClN5OS2. The number of hydrogen-bond acceptors (Lipinski definition) is 8. The number of hydrogen-bond donors (Lipinski definition) is 1. The van der Waals surface area contributed by atoms with Gasteiger partial charge < -0.3 is 9.73 Å². The fourth-order valence-electron chi connectivity index (χ4n) is 2.15. The minimum absolute atomic E-state index is 0.469. The first-order valence-corrected chi connectivity index (χ1v) is 10.7. The Morgan fingerprint density at radius 1 is 1.07 bits per heavy atom. The van der Waals surface area contributed by atoms with E-state index in [1.54, 1.807) is 12.1 Å². The van der Waals surface area contributed by atoms with E-state index in [4.69, 9.17) is 16.0 Å². The van der Waals surface area contributed by atoms with E-state index >= 15 is 0 Å². The maximum Gasteiger partial charge on any atom is 0.247 e. The van der Waals surface area contributed by atoms with Crippen molar-refractivity contribution in [3.63, 3.8) is 0 Å². The smallest absolute Gasteiger partial charge is 0.247 e. The van der Waals surface area contributed by atoms with Crippen LogP contribution in [0.1, 0.15) is 5.89 Å². The molecule has 0 aliphatic rings. The zero-order valence-electron chi connectivity index (χ0n) is 13.6. The molecular weight excluding hydrogens is 470 g/mol. The van der Waals surface area contributed by atoms with Crippen molar-refractivity contribution in [3.05, 3.63) is 63.9 Å². The topological polar surface area (TPSA) is 76.7 Å². The van der Waals surface area contributed by atoms with Crippen LogP contribution >= 0.6 is 50.6 Å². The highest BCUT2D eigenvalue weighted by Gasteiger charge is 2.11. The van der Waals surface area contributed by atoms with E-state index in [9.17, 15) is 0 Å².